The summed E-state index contributed by atoms with van der Waals surface area (Å²) in [6, 6.07) is 0. The quantitative estimate of drug-likeness (QED) is 0.741. The van der Waals surface area contributed by atoms with Crippen LogP contribution in [0, 0.1) is 0 Å². The van der Waals surface area contributed by atoms with Gasteiger partial charge in [0.25, 0.3) is 0 Å². The van der Waals surface area contributed by atoms with Crippen LogP contribution >= 0.6 is 0 Å². The summed E-state index contributed by atoms with van der Waals surface area (Å²) >= 11 is 0. The highest BCUT2D eigenvalue weighted by molar-refractivity contribution is 5.01. The molecule has 2 aromatic heterocycles. The van der Waals surface area contributed by atoms with Gasteiger partial charge >= 0.3 is 0 Å². The van der Waals surface area contributed by atoms with E-state index in [0.717, 1.165) is 5.56 Å². The molecule has 72 valence electrons. The van der Waals surface area contributed by atoms with Crippen molar-refractivity contribution in [2.75, 3.05) is 0 Å². The van der Waals surface area contributed by atoms with Crippen molar-refractivity contribution in [2.24, 2.45) is 0 Å². The molecule has 0 aliphatic heterocycles. The minimum atomic E-state index is 0.575. The number of nitrogens with one attached hydrogen (secondary N) is 1. The first-order valence-electron chi connectivity index (χ1n) is 4.15. The summed E-state index contributed by atoms with van der Waals surface area (Å²) in [6.07, 6.45) is 6.33. The topological polar surface area (TPSA) is 76.7 Å². The van der Waals surface area contributed by atoms with Gasteiger partial charge in [0.2, 0.25) is 6.39 Å². The minimum Gasteiger partial charge on any atom is -0.343 e. The Morgan fingerprint density at radius 3 is 2.79 bits per heavy atom. The van der Waals surface area contributed by atoms with Crippen molar-refractivity contribution in [1.29, 1.82) is 0 Å². The standard InChI is InChI=1S/C8H9N5O/c1(7-2-10-5-11-3-7)9-4-8-12-6-14-13-8/h2-3,5-6,9H,1,4H2. The van der Waals surface area contributed by atoms with E-state index in [9.17, 15) is 0 Å². The lowest BCUT2D eigenvalue weighted by Crippen LogP contribution is -2.13. The Morgan fingerprint density at radius 2 is 2.07 bits per heavy atom. The molecule has 0 amide bonds. The van der Waals surface area contributed by atoms with E-state index in [0.29, 0.717) is 18.9 Å². The van der Waals surface area contributed by atoms with Crippen molar-refractivity contribution in [3.63, 3.8) is 0 Å². The third kappa shape index (κ3) is 2.33. The summed E-state index contributed by atoms with van der Waals surface area (Å²) in [5.41, 5.74) is 1.02. The SMILES string of the molecule is c1ncc(CNCc2ncon2)cn1. The van der Waals surface area contributed by atoms with E-state index in [-0.39, 0.29) is 0 Å². The van der Waals surface area contributed by atoms with Crippen LogP contribution in [0.15, 0.2) is 29.6 Å². The molecule has 2 heterocycles. The fraction of sp³-hybridized carbons (Fsp3) is 0.250. The first kappa shape index (κ1) is 8.76. The van der Waals surface area contributed by atoms with Crippen LogP contribution in [0.4, 0.5) is 0 Å². The highest BCUT2D eigenvalue weighted by Crippen LogP contribution is 1.93. The first-order valence-corrected chi connectivity index (χ1v) is 4.15. The molecule has 0 radical (unpaired) electrons. The van der Waals surface area contributed by atoms with Gasteiger partial charge in [-0.05, 0) is 0 Å². The minimum absolute atomic E-state index is 0.575. The Labute approximate surface area is 80.4 Å². The molecule has 0 unspecified atom stereocenters. The number of hydrogen-bond acceptors (Lipinski definition) is 6. The second kappa shape index (κ2) is 4.43. The van der Waals surface area contributed by atoms with Crippen LogP contribution in [0.2, 0.25) is 0 Å². The fourth-order valence-electron chi connectivity index (χ4n) is 1.01. The summed E-state index contributed by atoms with van der Waals surface area (Å²) < 4.78 is 4.59. The Kier molecular flexibility index (Phi) is 2.77. The zero-order valence-corrected chi connectivity index (χ0v) is 7.42. The van der Waals surface area contributed by atoms with Crippen LogP contribution in [0.25, 0.3) is 0 Å². The maximum atomic E-state index is 4.59. The van der Waals surface area contributed by atoms with Gasteiger partial charge in [-0.2, -0.15) is 4.98 Å². The van der Waals surface area contributed by atoms with Gasteiger partial charge in [-0.3, -0.25) is 0 Å². The molecule has 0 fully saturated rings. The fourth-order valence-corrected chi connectivity index (χ4v) is 1.01. The molecule has 6 heteroatoms. The average molecular weight is 191 g/mol. The zero-order chi connectivity index (χ0) is 9.64. The van der Waals surface area contributed by atoms with E-state index in [1.54, 1.807) is 12.4 Å². The number of hydrogen-bond donors (Lipinski definition) is 1. The van der Waals surface area contributed by atoms with Crippen molar-refractivity contribution >= 4 is 0 Å². The Bertz CT molecular complexity index is 360. The number of aromatic nitrogens is 4. The lowest BCUT2D eigenvalue weighted by Gasteiger charge is -1.99. The highest BCUT2D eigenvalue weighted by Gasteiger charge is 1.97. The van der Waals surface area contributed by atoms with E-state index >= 15 is 0 Å². The maximum Gasteiger partial charge on any atom is 0.213 e. The third-order valence-electron chi connectivity index (χ3n) is 1.63. The van der Waals surface area contributed by atoms with Gasteiger partial charge in [0.1, 0.15) is 6.33 Å². The van der Waals surface area contributed by atoms with Crippen LogP contribution in [-0.4, -0.2) is 20.1 Å². The monoisotopic (exact) mass is 191 g/mol. The second-order valence-corrected chi connectivity index (χ2v) is 2.70. The second-order valence-electron chi connectivity index (χ2n) is 2.70. The number of nitrogens with zero attached hydrogens (tertiary/aromatic N) is 4. The Morgan fingerprint density at radius 1 is 1.21 bits per heavy atom. The number of rotatable bonds is 4. The van der Waals surface area contributed by atoms with Crippen molar-refractivity contribution in [3.05, 3.63) is 36.5 Å². The summed E-state index contributed by atoms with van der Waals surface area (Å²) in [6.45, 7) is 1.26. The molecular weight excluding hydrogens is 182 g/mol. The zero-order valence-electron chi connectivity index (χ0n) is 7.42. The molecule has 0 atom stereocenters. The molecule has 0 spiro atoms. The molecular formula is C8H9N5O. The molecule has 0 aromatic carbocycles. The molecule has 0 aliphatic carbocycles. The van der Waals surface area contributed by atoms with E-state index in [2.05, 4.69) is 29.9 Å². The molecule has 2 rings (SSSR count). The van der Waals surface area contributed by atoms with E-state index < -0.39 is 0 Å². The van der Waals surface area contributed by atoms with Gasteiger partial charge in [0.05, 0.1) is 6.54 Å². The lowest BCUT2D eigenvalue weighted by atomic mass is 10.3. The molecule has 1 N–H and O–H groups in total. The largest absolute Gasteiger partial charge is 0.343 e. The lowest BCUT2D eigenvalue weighted by molar-refractivity contribution is 0.407. The van der Waals surface area contributed by atoms with Crippen molar-refractivity contribution < 1.29 is 4.52 Å². The van der Waals surface area contributed by atoms with E-state index in [1.165, 1.54) is 12.7 Å². The predicted octanol–water partition coefficient (Wildman–Crippen LogP) is 0.149. The molecule has 6 nitrogen and oxygen atoms in total. The average Bonchev–Trinajstić information content (AvgIpc) is 2.72. The maximum absolute atomic E-state index is 4.59. The van der Waals surface area contributed by atoms with E-state index in [1.807, 2.05) is 0 Å². The molecule has 0 saturated carbocycles. The smallest absolute Gasteiger partial charge is 0.213 e. The van der Waals surface area contributed by atoms with Gasteiger partial charge in [-0.15, -0.1) is 0 Å². The van der Waals surface area contributed by atoms with Gasteiger partial charge in [-0.25, -0.2) is 9.97 Å². The van der Waals surface area contributed by atoms with Crippen LogP contribution in [0.1, 0.15) is 11.4 Å². The predicted molar refractivity (Wildman–Crippen MR) is 46.9 cm³/mol. The summed E-state index contributed by atoms with van der Waals surface area (Å²) in [7, 11) is 0. The van der Waals surface area contributed by atoms with Gasteiger partial charge in [-0.1, -0.05) is 5.16 Å². The Balaban J connectivity index is 1.79. The normalized spacial score (nSPS) is 10.3. The first-order chi connectivity index (χ1) is 6.95. The van der Waals surface area contributed by atoms with Crippen LogP contribution < -0.4 is 5.32 Å². The molecule has 0 aliphatic rings. The van der Waals surface area contributed by atoms with Crippen molar-refractivity contribution in [2.45, 2.75) is 13.1 Å². The van der Waals surface area contributed by atoms with Crippen molar-refractivity contribution in [3.8, 4) is 0 Å². The van der Waals surface area contributed by atoms with Crippen molar-refractivity contribution in [1.82, 2.24) is 25.4 Å². The molecule has 0 saturated heterocycles. The highest BCUT2D eigenvalue weighted by atomic mass is 16.5. The molecule has 0 bridgehead atoms. The summed E-state index contributed by atoms with van der Waals surface area (Å²) in [5, 5.41) is 6.81. The molecule has 14 heavy (non-hydrogen) atoms. The van der Waals surface area contributed by atoms with Crippen LogP contribution in [0.5, 0.6) is 0 Å². The Hall–Kier alpha value is -1.82. The molecule has 2 aromatic rings. The third-order valence-corrected chi connectivity index (χ3v) is 1.63. The van der Waals surface area contributed by atoms with Gasteiger partial charge < -0.3 is 9.84 Å². The summed E-state index contributed by atoms with van der Waals surface area (Å²) in [4.78, 5) is 11.7. The van der Waals surface area contributed by atoms with E-state index in [4.69, 9.17) is 0 Å². The van der Waals surface area contributed by atoms with Gasteiger partial charge in [0, 0.05) is 24.5 Å². The van der Waals surface area contributed by atoms with Crippen LogP contribution in [0.3, 0.4) is 0 Å². The summed E-state index contributed by atoms with van der Waals surface area (Å²) in [5.74, 6) is 0.641. The van der Waals surface area contributed by atoms with Crippen LogP contribution in [-0.2, 0) is 13.1 Å². The van der Waals surface area contributed by atoms with Gasteiger partial charge in [0.15, 0.2) is 5.82 Å².